The van der Waals surface area contributed by atoms with Gasteiger partial charge >= 0.3 is 0 Å². The summed E-state index contributed by atoms with van der Waals surface area (Å²) >= 11 is 3.53. The van der Waals surface area contributed by atoms with Crippen molar-refractivity contribution in [1.82, 2.24) is 5.32 Å². The molecule has 2 atom stereocenters. The highest BCUT2D eigenvalue weighted by Crippen LogP contribution is 2.24. The molecule has 1 saturated heterocycles. The van der Waals surface area contributed by atoms with Gasteiger partial charge in [-0.25, -0.2) is 0 Å². The Kier molecular flexibility index (Phi) is 6.33. The van der Waals surface area contributed by atoms with Gasteiger partial charge in [0.2, 0.25) is 0 Å². The molecule has 20 heavy (non-hydrogen) atoms. The fraction of sp³-hybridized carbons (Fsp3) is 0.625. The lowest BCUT2D eigenvalue weighted by atomic mass is 10.0. The highest BCUT2D eigenvalue weighted by Gasteiger charge is 2.22. The van der Waals surface area contributed by atoms with E-state index in [0.29, 0.717) is 12.0 Å². The van der Waals surface area contributed by atoms with Crippen molar-refractivity contribution >= 4 is 15.9 Å². The summed E-state index contributed by atoms with van der Waals surface area (Å²) < 4.78 is 12.4. The van der Waals surface area contributed by atoms with Crippen LogP contribution < -0.4 is 10.1 Å². The van der Waals surface area contributed by atoms with Crippen molar-refractivity contribution < 1.29 is 9.47 Å². The minimum atomic E-state index is 0.468. The number of nitrogens with one attached hydrogen (secondary N) is 1. The van der Waals surface area contributed by atoms with E-state index in [0.717, 1.165) is 49.4 Å². The lowest BCUT2D eigenvalue weighted by Gasteiger charge is -2.20. The second kappa shape index (κ2) is 8.01. The maximum absolute atomic E-state index is 5.81. The van der Waals surface area contributed by atoms with Crippen LogP contribution in [0.25, 0.3) is 0 Å². The summed E-state index contributed by atoms with van der Waals surface area (Å²) in [4.78, 5) is 0. The molecule has 4 heteroatoms. The van der Waals surface area contributed by atoms with Crippen LogP contribution in [0.4, 0.5) is 0 Å². The Bertz CT molecular complexity index is 419. The van der Waals surface area contributed by atoms with Gasteiger partial charge in [-0.2, -0.15) is 0 Å². The van der Waals surface area contributed by atoms with Crippen LogP contribution in [0.15, 0.2) is 22.7 Å². The highest BCUT2D eigenvalue weighted by molar-refractivity contribution is 9.10. The van der Waals surface area contributed by atoms with Crippen molar-refractivity contribution in [3.63, 3.8) is 0 Å². The summed E-state index contributed by atoms with van der Waals surface area (Å²) in [5.74, 6) is 1.61. The summed E-state index contributed by atoms with van der Waals surface area (Å²) in [7, 11) is 0. The number of hydrogen-bond acceptors (Lipinski definition) is 3. The molecule has 0 bridgehead atoms. The SMILES string of the molecule is CCCOc1ccc(Br)cc1CNC(C)C1CCOC1. The van der Waals surface area contributed by atoms with E-state index in [9.17, 15) is 0 Å². The summed E-state index contributed by atoms with van der Waals surface area (Å²) in [5, 5.41) is 3.60. The average molecular weight is 342 g/mol. The Hall–Kier alpha value is -0.580. The third-order valence-corrected chi connectivity index (χ3v) is 4.26. The minimum absolute atomic E-state index is 0.468. The Morgan fingerprint density at radius 3 is 3.05 bits per heavy atom. The van der Waals surface area contributed by atoms with Crippen LogP contribution in [0.5, 0.6) is 5.75 Å². The zero-order valence-electron chi connectivity index (χ0n) is 12.3. The molecule has 2 unspecified atom stereocenters. The molecule has 0 spiro atoms. The molecular formula is C16H24BrNO2. The van der Waals surface area contributed by atoms with Gasteiger partial charge in [-0.1, -0.05) is 22.9 Å². The minimum Gasteiger partial charge on any atom is -0.493 e. The third kappa shape index (κ3) is 4.47. The van der Waals surface area contributed by atoms with Crippen molar-refractivity contribution in [1.29, 1.82) is 0 Å². The number of rotatable bonds is 7. The van der Waals surface area contributed by atoms with Crippen LogP contribution in [-0.2, 0) is 11.3 Å². The number of ether oxygens (including phenoxy) is 2. The highest BCUT2D eigenvalue weighted by atomic mass is 79.9. The van der Waals surface area contributed by atoms with Gasteiger partial charge in [0.1, 0.15) is 5.75 Å². The first-order chi connectivity index (χ1) is 9.70. The van der Waals surface area contributed by atoms with Crippen LogP contribution in [0.1, 0.15) is 32.3 Å². The Balaban J connectivity index is 1.94. The maximum atomic E-state index is 5.81. The molecule has 0 aromatic heterocycles. The van der Waals surface area contributed by atoms with Crippen LogP contribution in [0, 0.1) is 5.92 Å². The number of hydrogen-bond donors (Lipinski definition) is 1. The van der Waals surface area contributed by atoms with E-state index in [2.05, 4.69) is 41.2 Å². The van der Waals surface area contributed by atoms with Crippen LogP contribution in [0.2, 0.25) is 0 Å². The average Bonchev–Trinajstić information content (AvgIpc) is 2.98. The van der Waals surface area contributed by atoms with Crippen molar-refractivity contribution in [3.8, 4) is 5.75 Å². The standard InChI is InChI=1S/C16H24BrNO2/c1-3-7-20-16-5-4-15(17)9-14(16)10-18-12(2)13-6-8-19-11-13/h4-5,9,12-13,18H,3,6-8,10-11H2,1-2H3. The molecule has 1 aromatic carbocycles. The number of benzene rings is 1. The molecule has 1 aliphatic heterocycles. The van der Waals surface area contributed by atoms with E-state index in [1.165, 1.54) is 5.56 Å². The molecule has 112 valence electrons. The third-order valence-electron chi connectivity index (χ3n) is 3.77. The van der Waals surface area contributed by atoms with Gasteiger partial charge in [0.25, 0.3) is 0 Å². The lowest BCUT2D eigenvalue weighted by molar-refractivity contribution is 0.178. The second-order valence-corrected chi connectivity index (χ2v) is 6.31. The Morgan fingerprint density at radius 1 is 1.50 bits per heavy atom. The monoisotopic (exact) mass is 341 g/mol. The first kappa shape index (κ1) is 15.8. The quantitative estimate of drug-likeness (QED) is 0.819. The van der Waals surface area contributed by atoms with Gasteiger partial charge in [-0.15, -0.1) is 0 Å². The van der Waals surface area contributed by atoms with Gasteiger partial charge in [0.15, 0.2) is 0 Å². The molecule has 3 nitrogen and oxygen atoms in total. The molecule has 0 radical (unpaired) electrons. The molecule has 1 heterocycles. The van der Waals surface area contributed by atoms with Crippen molar-refractivity contribution in [2.45, 2.75) is 39.3 Å². The van der Waals surface area contributed by atoms with E-state index in [1.54, 1.807) is 0 Å². The summed E-state index contributed by atoms with van der Waals surface area (Å²) in [5.41, 5.74) is 1.21. The molecule has 0 saturated carbocycles. The molecule has 1 fully saturated rings. The van der Waals surface area contributed by atoms with Gasteiger partial charge < -0.3 is 14.8 Å². The van der Waals surface area contributed by atoms with E-state index in [1.807, 2.05) is 12.1 Å². The first-order valence-electron chi connectivity index (χ1n) is 7.43. The fourth-order valence-electron chi connectivity index (χ4n) is 2.42. The van der Waals surface area contributed by atoms with Crippen LogP contribution >= 0.6 is 15.9 Å². The van der Waals surface area contributed by atoms with Gasteiger partial charge in [-0.3, -0.25) is 0 Å². The van der Waals surface area contributed by atoms with Gasteiger partial charge in [0.05, 0.1) is 13.2 Å². The Labute approximate surface area is 130 Å². The normalized spacial score (nSPS) is 20.1. The van der Waals surface area contributed by atoms with Gasteiger partial charge in [-0.05, 0) is 43.9 Å². The molecular weight excluding hydrogens is 318 g/mol. The summed E-state index contributed by atoms with van der Waals surface area (Å²) in [6.45, 7) is 7.74. The first-order valence-corrected chi connectivity index (χ1v) is 8.22. The van der Waals surface area contributed by atoms with E-state index in [-0.39, 0.29) is 0 Å². The maximum Gasteiger partial charge on any atom is 0.123 e. The van der Waals surface area contributed by atoms with E-state index >= 15 is 0 Å². The van der Waals surface area contributed by atoms with E-state index in [4.69, 9.17) is 9.47 Å². The Morgan fingerprint density at radius 2 is 2.35 bits per heavy atom. The topological polar surface area (TPSA) is 30.5 Å². The predicted octanol–water partition coefficient (Wildman–Crippen LogP) is 3.75. The zero-order chi connectivity index (χ0) is 14.4. The number of halogens is 1. The molecule has 1 aromatic rings. The molecule has 0 aliphatic carbocycles. The largest absolute Gasteiger partial charge is 0.493 e. The molecule has 2 rings (SSSR count). The van der Waals surface area contributed by atoms with Crippen molar-refractivity contribution in [2.75, 3.05) is 19.8 Å². The lowest BCUT2D eigenvalue weighted by Crippen LogP contribution is -2.33. The summed E-state index contributed by atoms with van der Waals surface area (Å²) in [6, 6.07) is 6.68. The van der Waals surface area contributed by atoms with Crippen molar-refractivity contribution in [3.05, 3.63) is 28.2 Å². The van der Waals surface area contributed by atoms with Gasteiger partial charge in [0, 0.05) is 29.2 Å². The fourth-order valence-corrected chi connectivity index (χ4v) is 2.83. The van der Waals surface area contributed by atoms with Crippen LogP contribution in [-0.4, -0.2) is 25.9 Å². The van der Waals surface area contributed by atoms with Crippen molar-refractivity contribution in [2.24, 2.45) is 5.92 Å². The zero-order valence-corrected chi connectivity index (χ0v) is 13.9. The summed E-state index contributed by atoms with van der Waals surface area (Å²) in [6.07, 6.45) is 2.19. The van der Waals surface area contributed by atoms with Crippen LogP contribution in [0.3, 0.4) is 0 Å². The smallest absolute Gasteiger partial charge is 0.123 e. The second-order valence-electron chi connectivity index (χ2n) is 5.39. The molecule has 0 amide bonds. The molecule has 1 N–H and O–H groups in total. The molecule has 1 aliphatic rings. The predicted molar refractivity (Wildman–Crippen MR) is 85.2 cm³/mol. The van der Waals surface area contributed by atoms with E-state index < -0.39 is 0 Å².